The van der Waals surface area contributed by atoms with Crippen molar-refractivity contribution < 1.29 is 4.57 Å². The van der Waals surface area contributed by atoms with Gasteiger partial charge in [-0.1, -0.05) is 0 Å². The minimum atomic E-state index is -2.73. The topological polar surface area (TPSA) is 17.1 Å². The van der Waals surface area contributed by atoms with E-state index in [-0.39, 0.29) is 19.5 Å². The molecule has 3 heteroatoms. The van der Waals surface area contributed by atoms with Crippen molar-refractivity contribution in [3.05, 3.63) is 96.6 Å². The summed E-state index contributed by atoms with van der Waals surface area (Å²) in [4.78, 5) is 0. The average molecular weight is 385 g/mol. The molecule has 0 N–H and O–H groups in total. The van der Waals surface area contributed by atoms with Crippen molar-refractivity contribution in [1.82, 2.24) is 0 Å². The molecule has 0 saturated heterocycles. The Hall–Kier alpha value is -1.59. The summed E-state index contributed by atoms with van der Waals surface area (Å²) in [5.41, 5.74) is 1.17. The first-order valence-corrected chi connectivity index (χ1v) is 12.0. The molecule has 3 rings (SSSR count). The van der Waals surface area contributed by atoms with Crippen molar-refractivity contribution in [2.75, 3.05) is 0 Å². The first kappa shape index (κ1) is 16.3. The first-order chi connectivity index (χ1) is 11.3. The molecule has 0 spiro atoms. The fourth-order valence-electron chi connectivity index (χ4n) is 2.83. The third-order valence-corrected chi connectivity index (χ3v) is 11.5. The van der Waals surface area contributed by atoms with Crippen LogP contribution in [-0.4, -0.2) is 15.0 Å². The maximum atomic E-state index is 14.4. The summed E-state index contributed by atoms with van der Waals surface area (Å²) in [6, 6.07) is 30.2. The maximum absolute atomic E-state index is 14.4. The van der Waals surface area contributed by atoms with Crippen LogP contribution < -0.4 is 10.6 Å². The Morgan fingerprint density at radius 2 is 1.09 bits per heavy atom. The molecule has 0 fully saturated rings. The van der Waals surface area contributed by atoms with Crippen molar-refractivity contribution in [1.29, 1.82) is 0 Å². The average Bonchev–Trinajstić information content (AvgIpc) is 2.64. The standard InChI is InChI=1S/C20H19OPSe/c1-23-20(17-11-5-2-6-12-17)22(21,18-13-7-3-8-14-18)19-15-9-4-10-16-19/h2-16,20H,1H3/t20-/m1/s1. The zero-order chi connectivity index (χ0) is 16.1. The third-order valence-electron chi connectivity index (χ3n) is 3.92. The summed E-state index contributed by atoms with van der Waals surface area (Å²) in [5.74, 6) is 2.18. The van der Waals surface area contributed by atoms with Crippen LogP contribution in [0.5, 0.6) is 0 Å². The fraction of sp³-hybridized carbons (Fsp3) is 0.100. The molecule has 0 bridgehead atoms. The van der Waals surface area contributed by atoms with E-state index < -0.39 is 7.14 Å². The summed E-state index contributed by atoms with van der Waals surface area (Å²) in [6.45, 7) is 0. The van der Waals surface area contributed by atoms with Crippen LogP contribution in [0.4, 0.5) is 0 Å². The van der Waals surface area contributed by atoms with Gasteiger partial charge < -0.3 is 0 Å². The van der Waals surface area contributed by atoms with E-state index >= 15 is 0 Å². The van der Waals surface area contributed by atoms with Gasteiger partial charge in [0, 0.05) is 0 Å². The molecular formula is C20H19OPSe. The molecule has 0 unspecified atom stereocenters. The third kappa shape index (κ3) is 3.21. The van der Waals surface area contributed by atoms with Gasteiger partial charge in [-0.15, -0.1) is 0 Å². The van der Waals surface area contributed by atoms with Gasteiger partial charge in [-0.3, -0.25) is 0 Å². The molecule has 0 aliphatic carbocycles. The van der Waals surface area contributed by atoms with Gasteiger partial charge in [-0.05, 0) is 0 Å². The monoisotopic (exact) mass is 386 g/mol. The Balaban J connectivity index is 2.22. The Labute approximate surface area is 144 Å². The van der Waals surface area contributed by atoms with E-state index in [0.717, 1.165) is 10.6 Å². The molecule has 0 saturated carbocycles. The fourth-order valence-corrected chi connectivity index (χ4v) is 10.1. The van der Waals surface area contributed by atoms with Gasteiger partial charge in [-0.25, -0.2) is 0 Å². The number of benzene rings is 3. The van der Waals surface area contributed by atoms with E-state index in [0.29, 0.717) is 0 Å². The van der Waals surface area contributed by atoms with Crippen LogP contribution in [0, 0.1) is 0 Å². The van der Waals surface area contributed by atoms with E-state index in [9.17, 15) is 4.57 Å². The summed E-state index contributed by atoms with van der Waals surface area (Å²) in [5, 5.41) is 1.90. The predicted molar refractivity (Wildman–Crippen MR) is 101 cm³/mol. The van der Waals surface area contributed by atoms with Gasteiger partial charge in [0.15, 0.2) is 0 Å². The van der Waals surface area contributed by atoms with Crippen molar-refractivity contribution in [2.24, 2.45) is 0 Å². The second-order valence-electron chi connectivity index (χ2n) is 5.33. The predicted octanol–water partition coefficient (Wildman–Crippen LogP) is 4.45. The molecule has 0 aromatic heterocycles. The molecule has 3 aromatic rings. The Kier molecular flexibility index (Phi) is 5.18. The summed E-state index contributed by atoms with van der Waals surface area (Å²) in [7, 11) is -2.73. The number of hydrogen-bond donors (Lipinski definition) is 0. The van der Waals surface area contributed by atoms with Crippen LogP contribution >= 0.6 is 7.14 Å². The molecule has 1 nitrogen and oxygen atoms in total. The van der Waals surface area contributed by atoms with Crippen LogP contribution in [0.2, 0.25) is 5.82 Å². The van der Waals surface area contributed by atoms with Crippen molar-refractivity contribution in [3.63, 3.8) is 0 Å². The Morgan fingerprint density at radius 1 is 0.696 bits per heavy atom. The van der Waals surface area contributed by atoms with Gasteiger partial charge >= 0.3 is 144 Å². The molecular weight excluding hydrogens is 366 g/mol. The molecule has 0 amide bonds. The van der Waals surface area contributed by atoms with Crippen LogP contribution in [-0.2, 0) is 4.57 Å². The van der Waals surface area contributed by atoms with Crippen LogP contribution in [0.15, 0.2) is 91.0 Å². The number of rotatable bonds is 5. The van der Waals surface area contributed by atoms with Gasteiger partial charge in [0.1, 0.15) is 0 Å². The normalized spacial score (nSPS) is 12.7. The second kappa shape index (κ2) is 7.32. The summed E-state index contributed by atoms with van der Waals surface area (Å²) < 4.78 is 14.4. The number of hydrogen-bond acceptors (Lipinski definition) is 1. The molecule has 0 radical (unpaired) electrons. The van der Waals surface area contributed by atoms with Gasteiger partial charge in [0.2, 0.25) is 0 Å². The molecule has 116 valence electrons. The molecule has 3 aromatic carbocycles. The first-order valence-electron chi connectivity index (χ1n) is 7.55. The summed E-state index contributed by atoms with van der Waals surface area (Å²) >= 11 is 0.225. The Morgan fingerprint density at radius 3 is 1.48 bits per heavy atom. The summed E-state index contributed by atoms with van der Waals surface area (Å²) in [6.07, 6.45) is 0. The van der Waals surface area contributed by atoms with Crippen molar-refractivity contribution in [2.45, 2.75) is 10.4 Å². The van der Waals surface area contributed by atoms with Gasteiger partial charge in [-0.2, -0.15) is 0 Å². The minimum absolute atomic E-state index is 0.0565. The zero-order valence-electron chi connectivity index (χ0n) is 13.0. The molecule has 0 heterocycles. The van der Waals surface area contributed by atoms with E-state index in [1.54, 1.807) is 0 Å². The van der Waals surface area contributed by atoms with E-state index in [4.69, 9.17) is 0 Å². The van der Waals surface area contributed by atoms with Gasteiger partial charge in [0.05, 0.1) is 0 Å². The quantitative estimate of drug-likeness (QED) is 0.469. The SMILES string of the molecule is C[Se][C@H](c1ccccc1)P(=O)(c1ccccc1)c1ccccc1. The second-order valence-corrected chi connectivity index (χ2v) is 11.0. The van der Waals surface area contributed by atoms with Crippen LogP contribution in [0.1, 0.15) is 10.1 Å². The van der Waals surface area contributed by atoms with Crippen LogP contribution in [0.25, 0.3) is 0 Å². The molecule has 23 heavy (non-hydrogen) atoms. The van der Waals surface area contributed by atoms with Crippen molar-refractivity contribution in [3.8, 4) is 0 Å². The van der Waals surface area contributed by atoms with E-state index in [1.807, 2.05) is 78.9 Å². The molecule has 0 aliphatic rings. The Bertz CT molecular complexity index is 744. The van der Waals surface area contributed by atoms with Gasteiger partial charge in [0.25, 0.3) is 0 Å². The molecule has 1 atom stereocenters. The van der Waals surface area contributed by atoms with Crippen LogP contribution in [0.3, 0.4) is 0 Å². The van der Waals surface area contributed by atoms with E-state index in [1.165, 1.54) is 5.56 Å². The van der Waals surface area contributed by atoms with Crippen molar-refractivity contribution >= 4 is 32.7 Å². The zero-order valence-corrected chi connectivity index (χ0v) is 15.6. The molecule has 0 aliphatic heterocycles. The van der Waals surface area contributed by atoms with E-state index in [2.05, 4.69) is 18.0 Å².